The highest BCUT2D eigenvalue weighted by Gasteiger charge is 2.32. The van der Waals surface area contributed by atoms with Crippen molar-refractivity contribution in [3.63, 3.8) is 0 Å². The number of nitrogens with zero attached hydrogens (tertiary/aromatic N) is 1. The Morgan fingerprint density at radius 2 is 2.00 bits per heavy atom. The van der Waals surface area contributed by atoms with Crippen LogP contribution in [0.2, 0.25) is 5.15 Å². The van der Waals surface area contributed by atoms with Crippen LogP contribution in [0.25, 0.3) is 0 Å². The highest BCUT2D eigenvalue weighted by molar-refractivity contribution is 6.31. The smallest absolute Gasteiger partial charge is 0.298 e. The van der Waals surface area contributed by atoms with E-state index >= 15 is 0 Å². The molecule has 1 aromatic heterocycles. The fourth-order valence-electron chi connectivity index (χ4n) is 0.691. The first-order valence-electron chi connectivity index (χ1n) is 3.14. The molecule has 0 bridgehead atoms. The van der Waals surface area contributed by atoms with Crippen LogP contribution in [0.5, 0.6) is 0 Å². The van der Waals surface area contributed by atoms with Gasteiger partial charge in [0.1, 0.15) is 10.8 Å². The molecule has 0 amide bonds. The van der Waals surface area contributed by atoms with Gasteiger partial charge in [-0.2, -0.15) is 13.2 Å². The Kier molecular flexibility index (Phi) is 2.56. The molecule has 0 aromatic carbocycles. The molecule has 0 atom stereocenters. The Morgan fingerprint density at radius 3 is 2.38 bits per heavy atom. The minimum absolute atomic E-state index is 0.0605. The molecule has 0 unspecified atom stereocenters. The molecule has 0 spiro atoms. The van der Waals surface area contributed by atoms with Crippen molar-refractivity contribution in [2.75, 3.05) is 0 Å². The van der Waals surface area contributed by atoms with E-state index in [2.05, 4.69) is 4.98 Å². The highest BCUT2D eigenvalue weighted by atomic mass is 35.5. The van der Waals surface area contributed by atoms with Gasteiger partial charge in [0.05, 0.1) is 5.56 Å². The largest absolute Gasteiger partial charge is 0.433 e. The zero-order valence-corrected chi connectivity index (χ0v) is 6.86. The molecule has 0 fully saturated rings. The standard InChI is InChI=1S/C7H3ClF3NO/c8-6-4(3-13)1-2-5(12-6)7(9,10)11/h1-3H. The fraction of sp³-hybridized carbons (Fsp3) is 0.143. The molecule has 0 aliphatic rings. The first-order valence-corrected chi connectivity index (χ1v) is 3.52. The van der Waals surface area contributed by atoms with Gasteiger partial charge in [0.2, 0.25) is 0 Å². The number of hydrogen-bond acceptors (Lipinski definition) is 2. The maximum Gasteiger partial charge on any atom is 0.433 e. The quantitative estimate of drug-likeness (QED) is 0.526. The van der Waals surface area contributed by atoms with Crippen LogP contribution in [0.15, 0.2) is 12.1 Å². The van der Waals surface area contributed by atoms with Gasteiger partial charge < -0.3 is 0 Å². The molecule has 0 N–H and O–H groups in total. The van der Waals surface area contributed by atoms with E-state index in [9.17, 15) is 18.0 Å². The molecule has 13 heavy (non-hydrogen) atoms. The fourth-order valence-corrected chi connectivity index (χ4v) is 0.889. The molecule has 2 nitrogen and oxygen atoms in total. The molecule has 0 aliphatic heterocycles. The van der Waals surface area contributed by atoms with E-state index in [1.807, 2.05) is 0 Å². The summed E-state index contributed by atoms with van der Waals surface area (Å²) in [5.74, 6) is 0. The summed E-state index contributed by atoms with van der Waals surface area (Å²) in [6, 6.07) is 1.68. The summed E-state index contributed by atoms with van der Waals surface area (Å²) in [6.45, 7) is 0. The number of carbonyl (C=O) groups excluding carboxylic acids is 1. The topological polar surface area (TPSA) is 30.0 Å². The van der Waals surface area contributed by atoms with Crippen LogP contribution in [0, 0.1) is 0 Å². The molecule has 1 heterocycles. The number of aromatic nitrogens is 1. The SMILES string of the molecule is O=Cc1ccc(C(F)(F)F)nc1Cl. The number of alkyl halides is 3. The van der Waals surface area contributed by atoms with Gasteiger partial charge in [0, 0.05) is 0 Å². The van der Waals surface area contributed by atoms with Crippen molar-refractivity contribution in [3.05, 3.63) is 28.5 Å². The van der Waals surface area contributed by atoms with E-state index in [1.54, 1.807) is 0 Å². The molecular formula is C7H3ClF3NO. The van der Waals surface area contributed by atoms with Crippen molar-refractivity contribution in [3.8, 4) is 0 Å². The maximum atomic E-state index is 12.0. The molecular weight excluding hydrogens is 207 g/mol. The Hall–Kier alpha value is -1.10. The van der Waals surface area contributed by atoms with Crippen molar-refractivity contribution in [1.29, 1.82) is 0 Å². The van der Waals surface area contributed by atoms with E-state index in [4.69, 9.17) is 11.6 Å². The molecule has 0 saturated heterocycles. The number of halogens is 4. The molecule has 1 aromatic rings. The Bertz CT molecular complexity index is 337. The predicted octanol–water partition coefficient (Wildman–Crippen LogP) is 2.57. The third-order valence-electron chi connectivity index (χ3n) is 1.29. The second-order valence-corrected chi connectivity index (χ2v) is 2.55. The van der Waals surface area contributed by atoms with Gasteiger partial charge in [0.15, 0.2) is 6.29 Å². The van der Waals surface area contributed by atoms with Crippen molar-refractivity contribution in [2.24, 2.45) is 0 Å². The lowest BCUT2D eigenvalue weighted by molar-refractivity contribution is -0.141. The van der Waals surface area contributed by atoms with Crippen molar-refractivity contribution in [1.82, 2.24) is 4.98 Å². The number of aldehydes is 1. The average molecular weight is 210 g/mol. The van der Waals surface area contributed by atoms with E-state index in [-0.39, 0.29) is 5.56 Å². The summed E-state index contributed by atoms with van der Waals surface area (Å²) < 4.78 is 36.0. The molecule has 0 saturated carbocycles. The summed E-state index contributed by atoms with van der Waals surface area (Å²) in [5, 5.41) is -0.440. The van der Waals surface area contributed by atoms with Crippen LogP contribution in [-0.2, 0) is 6.18 Å². The van der Waals surface area contributed by atoms with Gasteiger partial charge in [-0.05, 0) is 12.1 Å². The van der Waals surface area contributed by atoms with Gasteiger partial charge in [-0.1, -0.05) is 11.6 Å². The molecule has 1 rings (SSSR count). The zero-order valence-electron chi connectivity index (χ0n) is 6.10. The molecule has 0 radical (unpaired) electrons. The Labute approximate surface area is 76.3 Å². The van der Waals surface area contributed by atoms with Crippen LogP contribution < -0.4 is 0 Å². The Balaban J connectivity index is 3.17. The number of carbonyl (C=O) groups is 1. The van der Waals surface area contributed by atoms with Gasteiger partial charge in [-0.3, -0.25) is 4.79 Å². The average Bonchev–Trinajstić information content (AvgIpc) is 2.02. The van der Waals surface area contributed by atoms with Crippen molar-refractivity contribution in [2.45, 2.75) is 6.18 Å². The van der Waals surface area contributed by atoms with E-state index < -0.39 is 17.0 Å². The second kappa shape index (κ2) is 3.33. The highest BCUT2D eigenvalue weighted by Crippen LogP contribution is 2.28. The number of rotatable bonds is 1. The first kappa shape index (κ1) is 9.98. The van der Waals surface area contributed by atoms with Gasteiger partial charge in [-0.15, -0.1) is 0 Å². The maximum absolute atomic E-state index is 12.0. The lowest BCUT2D eigenvalue weighted by atomic mass is 10.2. The van der Waals surface area contributed by atoms with Crippen LogP contribution in [0.4, 0.5) is 13.2 Å². The molecule has 70 valence electrons. The van der Waals surface area contributed by atoms with Crippen LogP contribution >= 0.6 is 11.6 Å². The minimum atomic E-state index is -4.54. The van der Waals surface area contributed by atoms with Crippen LogP contribution in [-0.4, -0.2) is 11.3 Å². The summed E-state index contributed by atoms with van der Waals surface area (Å²) in [5.41, 5.74) is -1.17. The van der Waals surface area contributed by atoms with Gasteiger partial charge in [-0.25, -0.2) is 4.98 Å². The lowest BCUT2D eigenvalue weighted by Crippen LogP contribution is -2.08. The van der Waals surface area contributed by atoms with E-state index in [0.717, 1.165) is 6.07 Å². The van der Waals surface area contributed by atoms with Gasteiger partial charge >= 0.3 is 6.18 Å². The number of hydrogen-bond donors (Lipinski definition) is 0. The molecule has 0 aliphatic carbocycles. The monoisotopic (exact) mass is 209 g/mol. The first-order chi connectivity index (χ1) is 5.95. The third kappa shape index (κ3) is 2.18. The van der Waals surface area contributed by atoms with Crippen molar-refractivity contribution < 1.29 is 18.0 Å². The van der Waals surface area contributed by atoms with Crippen molar-refractivity contribution >= 4 is 17.9 Å². The predicted molar refractivity (Wildman–Crippen MR) is 39.6 cm³/mol. The van der Waals surface area contributed by atoms with Crippen LogP contribution in [0.1, 0.15) is 16.1 Å². The number of pyridine rings is 1. The van der Waals surface area contributed by atoms with E-state index in [1.165, 1.54) is 0 Å². The van der Waals surface area contributed by atoms with Crippen LogP contribution in [0.3, 0.4) is 0 Å². The lowest BCUT2D eigenvalue weighted by Gasteiger charge is -2.05. The minimum Gasteiger partial charge on any atom is -0.298 e. The van der Waals surface area contributed by atoms with Gasteiger partial charge in [0.25, 0.3) is 0 Å². The zero-order chi connectivity index (χ0) is 10.1. The summed E-state index contributed by atoms with van der Waals surface area (Å²) in [6.07, 6.45) is -4.19. The molecule has 6 heteroatoms. The summed E-state index contributed by atoms with van der Waals surface area (Å²) >= 11 is 5.29. The second-order valence-electron chi connectivity index (χ2n) is 2.19. The normalized spacial score (nSPS) is 11.4. The Morgan fingerprint density at radius 1 is 1.38 bits per heavy atom. The summed E-state index contributed by atoms with van der Waals surface area (Å²) in [7, 11) is 0. The van der Waals surface area contributed by atoms with E-state index in [0.29, 0.717) is 12.4 Å². The third-order valence-corrected chi connectivity index (χ3v) is 1.60. The summed E-state index contributed by atoms with van der Waals surface area (Å²) in [4.78, 5) is 13.2.